The predicted molar refractivity (Wildman–Crippen MR) is 76.8 cm³/mol. The minimum atomic E-state index is -0.206. The van der Waals surface area contributed by atoms with E-state index in [1.807, 2.05) is 32.0 Å². The van der Waals surface area contributed by atoms with Gasteiger partial charge < -0.3 is 19.9 Å². The van der Waals surface area contributed by atoms with E-state index in [0.29, 0.717) is 6.61 Å². The number of nitrogens with one attached hydrogen (secondary N) is 1. The first-order chi connectivity index (χ1) is 9.21. The number of rotatable bonds is 9. The number of benzene rings is 1. The molecule has 1 atom stereocenters. The van der Waals surface area contributed by atoms with Crippen LogP contribution in [0.4, 0.5) is 0 Å². The van der Waals surface area contributed by atoms with Gasteiger partial charge in [0.25, 0.3) is 0 Å². The normalized spacial score (nSPS) is 12.2. The first-order valence-corrected chi connectivity index (χ1v) is 6.89. The van der Waals surface area contributed by atoms with Crippen molar-refractivity contribution in [1.82, 2.24) is 5.32 Å². The minimum absolute atomic E-state index is 0.206. The average Bonchev–Trinajstić information content (AvgIpc) is 2.44. The molecule has 108 valence electrons. The van der Waals surface area contributed by atoms with Crippen LogP contribution >= 0.6 is 0 Å². The van der Waals surface area contributed by atoms with Crippen LogP contribution in [-0.2, 0) is 6.54 Å². The molecule has 2 N–H and O–H groups in total. The topological polar surface area (TPSA) is 50.7 Å². The summed E-state index contributed by atoms with van der Waals surface area (Å²) in [5.41, 5.74) is 1.14. The fraction of sp³-hybridized carbons (Fsp3) is 0.600. The number of methoxy groups -OCH3 is 1. The maximum absolute atomic E-state index is 9.46. The third-order valence-electron chi connectivity index (χ3n) is 2.98. The Hall–Kier alpha value is -1.26. The van der Waals surface area contributed by atoms with E-state index in [1.165, 1.54) is 0 Å². The summed E-state index contributed by atoms with van der Waals surface area (Å²) < 4.78 is 10.8. The minimum Gasteiger partial charge on any atom is -0.493 e. The van der Waals surface area contributed by atoms with Crippen LogP contribution in [0.25, 0.3) is 0 Å². The highest BCUT2D eigenvalue weighted by Crippen LogP contribution is 2.27. The van der Waals surface area contributed by atoms with Crippen molar-refractivity contribution >= 4 is 0 Å². The quantitative estimate of drug-likeness (QED) is 0.674. The van der Waals surface area contributed by atoms with Gasteiger partial charge in [-0.3, -0.25) is 0 Å². The molecule has 0 amide bonds. The van der Waals surface area contributed by atoms with Crippen LogP contribution in [0.5, 0.6) is 11.5 Å². The maximum Gasteiger partial charge on any atom is 0.161 e. The Kier molecular flexibility index (Phi) is 7.30. The van der Waals surface area contributed by atoms with Crippen molar-refractivity contribution in [3.8, 4) is 11.5 Å². The van der Waals surface area contributed by atoms with Crippen molar-refractivity contribution in [2.24, 2.45) is 0 Å². The third-order valence-corrected chi connectivity index (χ3v) is 2.98. The number of aliphatic hydroxyl groups excluding tert-OH is 1. The number of aliphatic hydroxyl groups is 1. The molecule has 0 aromatic heterocycles. The fourth-order valence-electron chi connectivity index (χ4n) is 1.80. The third kappa shape index (κ3) is 5.49. The lowest BCUT2D eigenvalue weighted by Crippen LogP contribution is -2.19. The van der Waals surface area contributed by atoms with Gasteiger partial charge in [0.15, 0.2) is 11.5 Å². The summed E-state index contributed by atoms with van der Waals surface area (Å²) >= 11 is 0. The van der Waals surface area contributed by atoms with Crippen LogP contribution in [0.15, 0.2) is 18.2 Å². The van der Waals surface area contributed by atoms with Crippen molar-refractivity contribution in [2.75, 3.05) is 20.3 Å². The summed E-state index contributed by atoms with van der Waals surface area (Å²) in [6.07, 6.45) is 1.38. The Morgan fingerprint density at radius 3 is 2.68 bits per heavy atom. The Morgan fingerprint density at radius 2 is 2.05 bits per heavy atom. The number of hydrogen-bond donors (Lipinski definition) is 2. The van der Waals surface area contributed by atoms with Gasteiger partial charge in [-0.1, -0.05) is 13.0 Å². The van der Waals surface area contributed by atoms with Crippen molar-refractivity contribution in [3.63, 3.8) is 0 Å². The Balaban J connectivity index is 2.46. The summed E-state index contributed by atoms with van der Waals surface area (Å²) in [7, 11) is 1.65. The van der Waals surface area contributed by atoms with E-state index in [2.05, 4.69) is 5.32 Å². The number of hydrogen-bond acceptors (Lipinski definition) is 4. The van der Waals surface area contributed by atoms with E-state index in [-0.39, 0.29) is 6.10 Å². The van der Waals surface area contributed by atoms with Crippen LogP contribution in [0.3, 0.4) is 0 Å². The molecule has 0 aliphatic rings. The van der Waals surface area contributed by atoms with Gasteiger partial charge in [0.1, 0.15) is 0 Å². The molecule has 4 nitrogen and oxygen atoms in total. The van der Waals surface area contributed by atoms with E-state index < -0.39 is 0 Å². The van der Waals surface area contributed by atoms with Crippen molar-refractivity contribution < 1.29 is 14.6 Å². The molecule has 0 aliphatic heterocycles. The molecule has 0 heterocycles. The molecule has 19 heavy (non-hydrogen) atoms. The molecule has 0 saturated carbocycles. The molecule has 0 saturated heterocycles. The first-order valence-electron chi connectivity index (χ1n) is 6.89. The lowest BCUT2D eigenvalue weighted by atomic mass is 10.2. The summed E-state index contributed by atoms with van der Waals surface area (Å²) in [4.78, 5) is 0. The van der Waals surface area contributed by atoms with Gasteiger partial charge in [0, 0.05) is 6.54 Å². The van der Waals surface area contributed by atoms with Crippen molar-refractivity contribution in [1.29, 1.82) is 0 Å². The maximum atomic E-state index is 9.46. The fourth-order valence-corrected chi connectivity index (χ4v) is 1.80. The Bertz CT molecular complexity index is 368. The van der Waals surface area contributed by atoms with Gasteiger partial charge in [-0.05, 0) is 44.0 Å². The van der Waals surface area contributed by atoms with Crippen molar-refractivity contribution in [3.05, 3.63) is 23.8 Å². The highest BCUT2D eigenvalue weighted by molar-refractivity contribution is 5.42. The summed E-state index contributed by atoms with van der Waals surface area (Å²) in [6.45, 7) is 6.14. The second-order valence-corrected chi connectivity index (χ2v) is 4.45. The van der Waals surface area contributed by atoms with Gasteiger partial charge in [-0.25, -0.2) is 0 Å². The molecule has 1 unspecified atom stereocenters. The molecule has 0 fully saturated rings. The molecule has 1 rings (SSSR count). The smallest absolute Gasteiger partial charge is 0.161 e. The Labute approximate surface area is 115 Å². The van der Waals surface area contributed by atoms with Gasteiger partial charge in [0.2, 0.25) is 0 Å². The molecule has 0 spiro atoms. The monoisotopic (exact) mass is 267 g/mol. The van der Waals surface area contributed by atoms with Crippen LogP contribution in [0.1, 0.15) is 32.3 Å². The van der Waals surface area contributed by atoms with Crippen LogP contribution in [0.2, 0.25) is 0 Å². The summed E-state index contributed by atoms with van der Waals surface area (Å²) in [5.74, 6) is 1.53. The van der Waals surface area contributed by atoms with E-state index in [9.17, 15) is 5.11 Å². The highest BCUT2D eigenvalue weighted by Gasteiger charge is 2.05. The largest absolute Gasteiger partial charge is 0.493 e. The zero-order valence-electron chi connectivity index (χ0n) is 12.1. The van der Waals surface area contributed by atoms with E-state index in [4.69, 9.17) is 9.47 Å². The predicted octanol–water partition coefficient (Wildman–Crippen LogP) is 2.34. The van der Waals surface area contributed by atoms with Crippen LogP contribution in [0, 0.1) is 0 Å². The second-order valence-electron chi connectivity index (χ2n) is 4.45. The molecule has 1 aromatic rings. The average molecular weight is 267 g/mol. The molecular formula is C15H25NO3. The second kappa shape index (κ2) is 8.77. The van der Waals surface area contributed by atoms with Crippen LogP contribution in [-0.4, -0.2) is 31.5 Å². The SMILES string of the molecule is CCOc1ccc(CNCCC(O)CC)cc1OC. The highest BCUT2D eigenvalue weighted by atomic mass is 16.5. The molecule has 0 aliphatic carbocycles. The van der Waals surface area contributed by atoms with Crippen molar-refractivity contribution in [2.45, 2.75) is 39.3 Å². The van der Waals surface area contributed by atoms with Gasteiger partial charge in [0.05, 0.1) is 19.8 Å². The number of ether oxygens (including phenoxy) is 2. The first kappa shape index (κ1) is 15.8. The lowest BCUT2D eigenvalue weighted by molar-refractivity contribution is 0.159. The van der Waals surface area contributed by atoms with Gasteiger partial charge in [-0.2, -0.15) is 0 Å². The van der Waals surface area contributed by atoms with Gasteiger partial charge in [-0.15, -0.1) is 0 Å². The zero-order chi connectivity index (χ0) is 14.1. The Morgan fingerprint density at radius 1 is 1.26 bits per heavy atom. The molecule has 0 radical (unpaired) electrons. The molecule has 0 bridgehead atoms. The zero-order valence-corrected chi connectivity index (χ0v) is 12.1. The molecular weight excluding hydrogens is 242 g/mol. The van der Waals surface area contributed by atoms with E-state index in [0.717, 1.165) is 43.0 Å². The van der Waals surface area contributed by atoms with E-state index in [1.54, 1.807) is 7.11 Å². The lowest BCUT2D eigenvalue weighted by Gasteiger charge is -2.12. The standard InChI is InChI=1S/C15H25NO3/c1-4-13(17)8-9-16-11-12-6-7-14(19-5-2)15(10-12)18-3/h6-7,10,13,16-17H,4-5,8-9,11H2,1-3H3. The summed E-state index contributed by atoms with van der Waals surface area (Å²) in [5, 5.41) is 12.8. The molecule has 1 aromatic carbocycles. The summed E-state index contributed by atoms with van der Waals surface area (Å²) in [6, 6.07) is 5.94. The van der Waals surface area contributed by atoms with E-state index >= 15 is 0 Å². The van der Waals surface area contributed by atoms with Gasteiger partial charge >= 0.3 is 0 Å². The molecule has 4 heteroatoms. The van der Waals surface area contributed by atoms with Crippen LogP contribution < -0.4 is 14.8 Å².